The highest BCUT2D eigenvalue weighted by molar-refractivity contribution is 6.07. The van der Waals surface area contributed by atoms with Gasteiger partial charge in [-0.1, -0.05) is 44.2 Å². The second kappa shape index (κ2) is 6.78. The fourth-order valence-corrected chi connectivity index (χ4v) is 3.81. The number of anilines is 1. The summed E-state index contributed by atoms with van der Waals surface area (Å²) in [6.07, 6.45) is -0.855. The molecule has 2 aliphatic heterocycles. The lowest BCUT2D eigenvalue weighted by molar-refractivity contribution is -0.143. The molecule has 4 rings (SSSR count). The number of carbonyl (C=O) groups excluding carboxylic acids is 2. The summed E-state index contributed by atoms with van der Waals surface area (Å²) in [5, 5.41) is 1.62. The third-order valence-electron chi connectivity index (χ3n) is 4.98. The summed E-state index contributed by atoms with van der Waals surface area (Å²) < 4.78 is 13.4. The number of nitrogens with zero attached hydrogens (tertiary/aromatic N) is 2. The minimum Gasteiger partial charge on any atom is -0.280 e. The average Bonchev–Trinajstić information content (AvgIpc) is 3.15. The first-order chi connectivity index (χ1) is 13.0. The van der Waals surface area contributed by atoms with Crippen molar-refractivity contribution in [2.75, 3.05) is 11.6 Å². The Morgan fingerprint density at radius 1 is 1.00 bits per heavy atom. The number of carbonyl (C=O) groups is 2. The highest BCUT2D eigenvalue weighted by Crippen LogP contribution is 2.46. The Hall–Kier alpha value is -2.73. The number of likely N-dealkylation sites (tertiary alicyclic amines) is 1. The van der Waals surface area contributed by atoms with Crippen molar-refractivity contribution in [1.29, 1.82) is 0 Å². The molecular formula is C21H21FN2O3. The average molecular weight is 368 g/mol. The number of halogens is 1. The maximum atomic E-state index is 13.4. The monoisotopic (exact) mass is 368 g/mol. The maximum Gasteiger partial charge on any atom is 0.262 e. The summed E-state index contributed by atoms with van der Waals surface area (Å²) in [5.74, 6) is -1.36. The standard InChI is InChI=1S/C21H21FN2O3/c1-13(2)12-23-20(25)17-18(14-8-10-15(22)11-9-14)24(27-19(17)21(23)26)16-6-4-3-5-7-16/h3-11,13,17-19H,12H2,1-2H3/t17-,18-,19-/m1/s1. The van der Waals surface area contributed by atoms with Gasteiger partial charge in [-0.2, -0.15) is 0 Å². The van der Waals surface area contributed by atoms with E-state index in [-0.39, 0.29) is 23.5 Å². The SMILES string of the molecule is CC(C)CN1C(=O)[C@@H]2[C@@H](c3ccc(F)cc3)N(c3ccccc3)O[C@H]2C1=O. The van der Waals surface area contributed by atoms with Gasteiger partial charge in [0.2, 0.25) is 5.91 Å². The Morgan fingerprint density at radius 2 is 1.67 bits per heavy atom. The van der Waals surface area contributed by atoms with Gasteiger partial charge < -0.3 is 0 Å². The van der Waals surface area contributed by atoms with Gasteiger partial charge in [-0.05, 0) is 35.7 Å². The molecule has 2 aromatic carbocycles. The fourth-order valence-electron chi connectivity index (χ4n) is 3.81. The van der Waals surface area contributed by atoms with Crippen LogP contribution in [0.25, 0.3) is 0 Å². The molecule has 2 aromatic rings. The number of rotatable bonds is 4. The molecule has 0 N–H and O–H groups in total. The summed E-state index contributed by atoms with van der Waals surface area (Å²) in [7, 11) is 0. The van der Waals surface area contributed by atoms with E-state index in [1.807, 2.05) is 44.2 Å². The normalized spacial score (nSPS) is 24.8. The van der Waals surface area contributed by atoms with Gasteiger partial charge in [0, 0.05) is 6.54 Å². The van der Waals surface area contributed by atoms with Gasteiger partial charge in [0.15, 0.2) is 6.10 Å². The van der Waals surface area contributed by atoms with E-state index in [0.717, 1.165) is 11.3 Å². The highest BCUT2D eigenvalue weighted by atomic mass is 19.1. The zero-order chi connectivity index (χ0) is 19.1. The number of hydroxylamine groups is 1. The van der Waals surface area contributed by atoms with Crippen LogP contribution in [0, 0.1) is 17.7 Å². The van der Waals surface area contributed by atoms with E-state index in [9.17, 15) is 14.0 Å². The molecule has 3 atom stereocenters. The summed E-state index contributed by atoms with van der Waals surface area (Å²) in [5.41, 5.74) is 1.48. The molecule has 0 saturated carbocycles. The van der Waals surface area contributed by atoms with Crippen LogP contribution in [0.5, 0.6) is 0 Å². The van der Waals surface area contributed by atoms with Crippen molar-refractivity contribution in [3.8, 4) is 0 Å². The highest BCUT2D eigenvalue weighted by Gasteiger charge is 2.59. The van der Waals surface area contributed by atoms with Crippen LogP contribution in [-0.2, 0) is 14.4 Å². The minimum absolute atomic E-state index is 0.172. The number of hydrogen-bond acceptors (Lipinski definition) is 4. The summed E-state index contributed by atoms with van der Waals surface area (Å²) >= 11 is 0. The quantitative estimate of drug-likeness (QED) is 0.777. The van der Waals surface area contributed by atoms with Gasteiger partial charge in [0.25, 0.3) is 5.91 Å². The number of amides is 2. The predicted molar refractivity (Wildman–Crippen MR) is 98.0 cm³/mol. The van der Waals surface area contributed by atoms with Gasteiger partial charge >= 0.3 is 0 Å². The number of imide groups is 1. The summed E-state index contributed by atoms with van der Waals surface area (Å²) in [6, 6.07) is 14.8. The molecule has 5 nitrogen and oxygen atoms in total. The molecule has 2 amide bonds. The lowest BCUT2D eigenvalue weighted by Crippen LogP contribution is -2.39. The lowest BCUT2D eigenvalue weighted by atomic mass is 9.90. The number of fused-ring (bicyclic) bond motifs is 1. The van der Waals surface area contributed by atoms with Crippen LogP contribution in [0.3, 0.4) is 0 Å². The first-order valence-corrected chi connectivity index (χ1v) is 9.09. The Kier molecular flexibility index (Phi) is 4.44. The van der Waals surface area contributed by atoms with Crippen LogP contribution >= 0.6 is 0 Å². The third kappa shape index (κ3) is 3.00. The minimum atomic E-state index is -0.855. The van der Waals surface area contributed by atoms with Gasteiger partial charge in [0.1, 0.15) is 11.7 Å². The smallest absolute Gasteiger partial charge is 0.262 e. The molecule has 0 aliphatic carbocycles. The lowest BCUT2D eigenvalue weighted by Gasteiger charge is -2.29. The molecule has 2 aliphatic rings. The van der Waals surface area contributed by atoms with E-state index in [1.54, 1.807) is 17.2 Å². The molecule has 140 valence electrons. The first kappa shape index (κ1) is 17.7. The Labute approximate surface area is 157 Å². The van der Waals surface area contributed by atoms with Crippen molar-refractivity contribution in [3.05, 3.63) is 66.0 Å². The summed E-state index contributed by atoms with van der Waals surface area (Å²) in [4.78, 5) is 33.2. The Morgan fingerprint density at radius 3 is 2.30 bits per heavy atom. The zero-order valence-electron chi connectivity index (χ0n) is 15.2. The molecule has 0 bridgehead atoms. The van der Waals surface area contributed by atoms with Crippen molar-refractivity contribution in [1.82, 2.24) is 4.90 Å². The molecule has 0 unspecified atom stereocenters. The largest absolute Gasteiger partial charge is 0.280 e. The molecule has 0 spiro atoms. The molecule has 0 radical (unpaired) electrons. The van der Waals surface area contributed by atoms with Gasteiger partial charge in [-0.25, -0.2) is 9.45 Å². The van der Waals surface area contributed by atoms with Gasteiger partial charge in [-0.15, -0.1) is 0 Å². The van der Waals surface area contributed by atoms with E-state index in [4.69, 9.17) is 4.84 Å². The van der Waals surface area contributed by atoms with Crippen molar-refractivity contribution in [2.24, 2.45) is 11.8 Å². The van der Waals surface area contributed by atoms with Crippen LogP contribution < -0.4 is 5.06 Å². The molecular weight excluding hydrogens is 347 g/mol. The van der Waals surface area contributed by atoms with Crippen molar-refractivity contribution < 1.29 is 18.8 Å². The van der Waals surface area contributed by atoms with E-state index >= 15 is 0 Å². The van der Waals surface area contributed by atoms with Gasteiger partial charge in [0.05, 0.1) is 11.7 Å². The van der Waals surface area contributed by atoms with Crippen LogP contribution in [0.15, 0.2) is 54.6 Å². The topological polar surface area (TPSA) is 49.9 Å². The van der Waals surface area contributed by atoms with Gasteiger partial charge in [-0.3, -0.25) is 19.3 Å². The molecule has 6 heteroatoms. The van der Waals surface area contributed by atoms with E-state index in [2.05, 4.69) is 0 Å². The summed E-state index contributed by atoms with van der Waals surface area (Å²) in [6.45, 7) is 4.29. The maximum absolute atomic E-state index is 13.4. The first-order valence-electron chi connectivity index (χ1n) is 9.09. The molecule has 2 heterocycles. The second-order valence-electron chi connectivity index (χ2n) is 7.39. The van der Waals surface area contributed by atoms with Crippen molar-refractivity contribution in [2.45, 2.75) is 26.0 Å². The van der Waals surface area contributed by atoms with Crippen LogP contribution in [0.4, 0.5) is 10.1 Å². The fraction of sp³-hybridized carbons (Fsp3) is 0.333. The Balaban J connectivity index is 1.76. The van der Waals surface area contributed by atoms with E-state index < -0.39 is 18.1 Å². The molecule has 0 aromatic heterocycles. The third-order valence-corrected chi connectivity index (χ3v) is 4.98. The predicted octanol–water partition coefficient (Wildman–Crippen LogP) is 3.33. The number of para-hydroxylation sites is 1. The van der Waals surface area contributed by atoms with E-state index in [1.165, 1.54) is 17.0 Å². The molecule has 27 heavy (non-hydrogen) atoms. The molecule has 2 saturated heterocycles. The number of hydrogen-bond donors (Lipinski definition) is 0. The van der Waals surface area contributed by atoms with Crippen LogP contribution in [0.1, 0.15) is 25.5 Å². The van der Waals surface area contributed by atoms with Crippen molar-refractivity contribution >= 4 is 17.5 Å². The molecule has 2 fully saturated rings. The van der Waals surface area contributed by atoms with Crippen molar-refractivity contribution in [3.63, 3.8) is 0 Å². The van der Waals surface area contributed by atoms with Crippen LogP contribution in [-0.4, -0.2) is 29.4 Å². The Bertz CT molecular complexity index is 853. The van der Waals surface area contributed by atoms with Crippen LogP contribution in [0.2, 0.25) is 0 Å². The van der Waals surface area contributed by atoms with E-state index in [0.29, 0.717) is 6.54 Å². The second-order valence-corrected chi connectivity index (χ2v) is 7.39. The zero-order valence-corrected chi connectivity index (χ0v) is 15.2. The number of benzene rings is 2.